The van der Waals surface area contributed by atoms with E-state index in [-0.39, 0.29) is 0 Å². The van der Waals surface area contributed by atoms with Gasteiger partial charge in [-0.25, -0.2) is 0 Å². The summed E-state index contributed by atoms with van der Waals surface area (Å²) in [7, 11) is 0. The largest absolute Gasteiger partial charge is 0.488 e. The van der Waals surface area contributed by atoms with Gasteiger partial charge in [0.1, 0.15) is 23.8 Å². The van der Waals surface area contributed by atoms with Gasteiger partial charge in [0.25, 0.3) is 0 Å². The van der Waals surface area contributed by atoms with E-state index in [1.54, 1.807) is 6.20 Å². The van der Waals surface area contributed by atoms with Crippen molar-refractivity contribution in [2.75, 3.05) is 6.26 Å². The number of halogens is 1. The molecule has 0 saturated carbocycles. The summed E-state index contributed by atoms with van der Waals surface area (Å²) >= 11 is 10.1. The lowest BCUT2D eigenvalue weighted by Crippen LogP contribution is -2.17. The highest BCUT2D eigenvalue weighted by Gasteiger charge is 2.16. The Morgan fingerprint density at radius 3 is 2.78 bits per heavy atom. The van der Waals surface area contributed by atoms with Crippen LogP contribution in [0.3, 0.4) is 0 Å². The maximum atomic E-state index is 6.10. The van der Waals surface area contributed by atoms with E-state index in [0.717, 1.165) is 15.6 Å². The SMILES string of the molecule is CSC(=S)NN=C(c1cc[nH]n1)c1ccc(Br)cc1OCc1ccccc1. The van der Waals surface area contributed by atoms with Crippen LogP contribution in [-0.4, -0.2) is 26.5 Å². The van der Waals surface area contributed by atoms with Crippen molar-refractivity contribution in [2.24, 2.45) is 5.10 Å². The Hall–Kier alpha value is -2.16. The third-order valence-corrected chi connectivity index (χ3v) is 5.17. The van der Waals surface area contributed by atoms with Crippen LogP contribution in [0.1, 0.15) is 16.8 Å². The fourth-order valence-electron chi connectivity index (χ4n) is 2.34. The Morgan fingerprint density at radius 1 is 1.26 bits per heavy atom. The third kappa shape index (κ3) is 5.41. The zero-order valence-electron chi connectivity index (χ0n) is 14.5. The molecule has 3 rings (SSSR count). The van der Waals surface area contributed by atoms with Crippen molar-refractivity contribution in [1.82, 2.24) is 15.6 Å². The second kappa shape index (κ2) is 9.68. The number of hydrazone groups is 1. The van der Waals surface area contributed by atoms with Crippen LogP contribution in [0.2, 0.25) is 0 Å². The number of hydrogen-bond acceptors (Lipinski definition) is 5. The molecule has 0 bridgehead atoms. The van der Waals surface area contributed by atoms with Crippen LogP contribution in [0.15, 0.2) is 70.4 Å². The van der Waals surface area contributed by atoms with Gasteiger partial charge in [0, 0.05) is 16.2 Å². The number of nitrogens with one attached hydrogen (secondary N) is 2. The Balaban J connectivity index is 1.95. The van der Waals surface area contributed by atoms with Crippen molar-refractivity contribution < 1.29 is 4.74 Å². The van der Waals surface area contributed by atoms with E-state index < -0.39 is 0 Å². The van der Waals surface area contributed by atoms with E-state index in [0.29, 0.717) is 28.1 Å². The van der Waals surface area contributed by atoms with Gasteiger partial charge >= 0.3 is 0 Å². The number of ether oxygens (including phenoxy) is 1. The summed E-state index contributed by atoms with van der Waals surface area (Å²) in [6.45, 7) is 0.453. The number of nitrogens with zero attached hydrogens (tertiary/aromatic N) is 2. The number of aromatic nitrogens is 2. The first-order valence-electron chi connectivity index (χ1n) is 8.06. The van der Waals surface area contributed by atoms with Crippen molar-refractivity contribution in [2.45, 2.75) is 6.61 Å². The summed E-state index contributed by atoms with van der Waals surface area (Å²) in [5, 5.41) is 11.6. The van der Waals surface area contributed by atoms with E-state index in [1.165, 1.54) is 11.8 Å². The highest BCUT2D eigenvalue weighted by Crippen LogP contribution is 2.27. The number of rotatable bonds is 6. The highest BCUT2D eigenvalue weighted by molar-refractivity contribution is 9.10. The molecule has 0 aliphatic heterocycles. The Bertz CT molecular complexity index is 930. The Labute approximate surface area is 175 Å². The lowest BCUT2D eigenvalue weighted by atomic mass is 10.1. The van der Waals surface area contributed by atoms with Gasteiger partial charge in [-0.15, -0.1) is 0 Å². The third-order valence-electron chi connectivity index (χ3n) is 3.62. The van der Waals surface area contributed by atoms with E-state index in [2.05, 4.69) is 36.7 Å². The van der Waals surface area contributed by atoms with Crippen molar-refractivity contribution in [1.29, 1.82) is 0 Å². The molecule has 5 nitrogen and oxygen atoms in total. The number of H-pyrrole nitrogens is 1. The molecular formula is C19H17BrN4OS2. The molecule has 27 heavy (non-hydrogen) atoms. The van der Waals surface area contributed by atoms with Gasteiger partial charge < -0.3 is 4.74 Å². The lowest BCUT2D eigenvalue weighted by Gasteiger charge is -2.13. The Kier molecular flexibility index (Phi) is 7.03. The fraction of sp³-hybridized carbons (Fsp3) is 0.105. The van der Waals surface area contributed by atoms with E-state index in [4.69, 9.17) is 17.0 Å². The van der Waals surface area contributed by atoms with E-state index in [9.17, 15) is 0 Å². The molecule has 0 atom stereocenters. The highest BCUT2D eigenvalue weighted by atomic mass is 79.9. The van der Waals surface area contributed by atoms with Crippen molar-refractivity contribution in [3.8, 4) is 5.75 Å². The molecule has 0 unspecified atom stereocenters. The van der Waals surface area contributed by atoms with Crippen molar-refractivity contribution in [3.63, 3.8) is 0 Å². The van der Waals surface area contributed by atoms with Gasteiger partial charge in [-0.3, -0.25) is 10.5 Å². The van der Waals surface area contributed by atoms with Crippen molar-refractivity contribution >= 4 is 49.9 Å². The molecule has 0 radical (unpaired) electrons. The number of benzene rings is 2. The van der Waals surface area contributed by atoms with Crippen molar-refractivity contribution in [3.05, 3.63) is 82.1 Å². The average molecular weight is 461 g/mol. The smallest absolute Gasteiger partial charge is 0.153 e. The minimum Gasteiger partial charge on any atom is -0.488 e. The van der Waals surface area contributed by atoms with Crippen LogP contribution in [0, 0.1) is 0 Å². The van der Waals surface area contributed by atoms with Gasteiger partial charge in [-0.1, -0.05) is 70.2 Å². The molecule has 1 aromatic heterocycles. The molecular weight excluding hydrogens is 444 g/mol. The minimum absolute atomic E-state index is 0.453. The van der Waals surface area contributed by atoms with Gasteiger partial charge in [-0.2, -0.15) is 10.2 Å². The maximum Gasteiger partial charge on any atom is 0.153 e. The second-order valence-electron chi connectivity index (χ2n) is 5.44. The first kappa shape index (κ1) is 19.6. The first-order chi connectivity index (χ1) is 13.2. The molecule has 0 fully saturated rings. The monoisotopic (exact) mass is 460 g/mol. The van der Waals surface area contributed by atoms with Crippen LogP contribution in [-0.2, 0) is 6.61 Å². The molecule has 0 amide bonds. The molecule has 2 N–H and O–H groups in total. The topological polar surface area (TPSA) is 62.3 Å². The molecule has 1 heterocycles. The summed E-state index contributed by atoms with van der Waals surface area (Å²) in [6.07, 6.45) is 3.65. The zero-order chi connectivity index (χ0) is 19.1. The molecule has 0 aliphatic carbocycles. The molecule has 8 heteroatoms. The van der Waals surface area contributed by atoms with Gasteiger partial charge in [0.05, 0.1) is 0 Å². The van der Waals surface area contributed by atoms with Crippen LogP contribution in [0.4, 0.5) is 0 Å². The predicted octanol–water partition coefficient (Wildman–Crippen LogP) is 4.74. The number of hydrogen-bond donors (Lipinski definition) is 2. The molecule has 138 valence electrons. The van der Waals surface area contributed by atoms with Gasteiger partial charge in [-0.05, 0) is 36.1 Å². The quantitative estimate of drug-likeness (QED) is 0.316. The summed E-state index contributed by atoms with van der Waals surface area (Å²) in [5.74, 6) is 0.701. The summed E-state index contributed by atoms with van der Waals surface area (Å²) in [4.78, 5) is 0. The van der Waals surface area contributed by atoms with E-state index >= 15 is 0 Å². The minimum atomic E-state index is 0.453. The van der Waals surface area contributed by atoms with Crippen LogP contribution >= 0.6 is 39.9 Å². The van der Waals surface area contributed by atoms with Gasteiger partial charge in [0.2, 0.25) is 0 Å². The first-order valence-corrected chi connectivity index (χ1v) is 10.5. The molecule has 0 aliphatic rings. The zero-order valence-corrected chi connectivity index (χ0v) is 17.7. The summed E-state index contributed by atoms with van der Waals surface area (Å²) in [5.41, 5.74) is 6.13. The normalized spacial score (nSPS) is 11.3. The van der Waals surface area contributed by atoms with E-state index in [1.807, 2.05) is 60.9 Å². The van der Waals surface area contributed by atoms with Crippen LogP contribution < -0.4 is 10.2 Å². The Morgan fingerprint density at radius 2 is 2.07 bits per heavy atom. The molecule has 3 aromatic rings. The summed E-state index contributed by atoms with van der Waals surface area (Å²) in [6, 6.07) is 17.7. The molecule has 2 aromatic carbocycles. The van der Waals surface area contributed by atoms with Gasteiger partial charge in [0.15, 0.2) is 4.32 Å². The predicted molar refractivity (Wildman–Crippen MR) is 118 cm³/mol. The fourth-order valence-corrected chi connectivity index (χ4v) is 2.86. The molecule has 0 saturated heterocycles. The second-order valence-corrected chi connectivity index (χ2v) is 7.84. The maximum absolute atomic E-state index is 6.10. The molecule has 0 spiro atoms. The number of thioether (sulfide) groups is 1. The number of aromatic amines is 1. The average Bonchev–Trinajstić information content (AvgIpc) is 3.22. The number of thiocarbonyl (C=S) groups is 1. The van der Waals surface area contributed by atoms with Crippen LogP contribution in [0.25, 0.3) is 0 Å². The summed E-state index contributed by atoms with van der Waals surface area (Å²) < 4.78 is 7.60. The van der Waals surface area contributed by atoms with Crippen LogP contribution in [0.5, 0.6) is 5.75 Å². The lowest BCUT2D eigenvalue weighted by molar-refractivity contribution is 0.305. The standard InChI is InChI=1S/C19H17BrN4OS2/c1-27-19(26)24-23-18(16-9-10-21-22-16)15-8-7-14(20)11-17(15)25-12-13-5-3-2-4-6-13/h2-11H,12H2,1H3,(H,21,22)(H,24,26).